The minimum absolute atomic E-state index is 0.328. The van der Waals surface area contributed by atoms with E-state index in [0.29, 0.717) is 40.7 Å². The van der Waals surface area contributed by atoms with Crippen LogP contribution < -0.4 is 9.64 Å². The number of carbonyl (C=O) groups is 1. The van der Waals surface area contributed by atoms with E-state index in [9.17, 15) is 18.0 Å². The van der Waals surface area contributed by atoms with Gasteiger partial charge in [-0.05, 0) is 68.5 Å². The summed E-state index contributed by atoms with van der Waals surface area (Å²) in [6, 6.07) is 10.7. The number of hydrogen-bond donors (Lipinski definition) is 0. The number of hydrogen-bond acceptors (Lipinski definition) is 6. The molecule has 1 aromatic heterocycles. The van der Waals surface area contributed by atoms with E-state index in [4.69, 9.17) is 9.47 Å². The first-order valence-corrected chi connectivity index (χ1v) is 11.8. The highest BCUT2D eigenvalue weighted by Gasteiger charge is 2.31. The summed E-state index contributed by atoms with van der Waals surface area (Å²) in [7, 11) is 0. The Bertz CT molecular complexity index is 1110. The lowest BCUT2D eigenvalue weighted by atomic mass is 9.94. The van der Waals surface area contributed by atoms with Gasteiger partial charge in [-0.15, -0.1) is 0 Å². The molecule has 0 atom stereocenters. The Morgan fingerprint density at radius 1 is 1.18 bits per heavy atom. The molecule has 0 aliphatic carbocycles. The minimum Gasteiger partial charge on any atom is -0.494 e. The number of benzene rings is 2. The molecular formula is C24H25F3N2O3S. The molecular weight excluding hydrogens is 453 g/mol. The van der Waals surface area contributed by atoms with E-state index in [1.165, 1.54) is 23.5 Å². The highest BCUT2D eigenvalue weighted by atomic mass is 32.1. The van der Waals surface area contributed by atoms with Gasteiger partial charge in [0.1, 0.15) is 5.75 Å². The van der Waals surface area contributed by atoms with Crippen LogP contribution in [0.3, 0.4) is 0 Å². The summed E-state index contributed by atoms with van der Waals surface area (Å²) in [4.78, 5) is 18.5. The number of piperidine rings is 1. The molecule has 0 N–H and O–H groups in total. The lowest BCUT2D eigenvalue weighted by Crippen LogP contribution is -2.34. The molecule has 0 amide bonds. The molecule has 0 radical (unpaired) electrons. The number of nitrogens with zero attached hydrogens (tertiary/aromatic N) is 2. The second-order valence-corrected chi connectivity index (χ2v) is 9.00. The van der Waals surface area contributed by atoms with Crippen molar-refractivity contribution in [2.75, 3.05) is 31.2 Å². The second-order valence-electron chi connectivity index (χ2n) is 7.99. The fraction of sp³-hybridized carbons (Fsp3) is 0.417. The Balaban J connectivity index is 1.27. The standard InChI is InChI=1S/C24H25F3N2O3S/c1-2-31-22(30)17-4-3-5-19(14-17)32-13-10-16-8-11-29(12-9-16)23-28-20-7-6-18(24(25,26)27)15-21(20)33-23/h3-7,14-16H,2,8-13H2,1H3. The van der Waals surface area contributed by atoms with Crippen LogP contribution in [-0.4, -0.2) is 37.3 Å². The van der Waals surface area contributed by atoms with Crippen LogP contribution in [0.4, 0.5) is 18.3 Å². The predicted octanol–water partition coefficient (Wildman–Crippen LogP) is 6.18. The van der Waals surface area contributed by atoms with E-state index in [0.717, 1.165) is 43.5 Å². The molecule has 1 aliphatic heterocycles. The summed E-state index contributed by atoms with van der Waals surface area (Å²) < 4.78 is 50.3. The lowest BCUT2D eigenvalue weighted by Gasteiger charge is -2.31. The Morgan fingerprint density at radius 2 is 1.97 bits per heavy atom. The molecule has 1 saturated heterocycles. The molecule has 0 bridgehead atoms. The van der Waals surface area contributed by atoms with Crippen molar-refractivity contribution in [3.05, 3.63) is 53.6 Å². The van der Waals surface area contributed by atoms with Gasteiger partial charge in [-0.25, -0.2) is 9.78 Å². The SMILES string of the molecule is CCOC(=O)c1cccc(OCCC2CCN(c3nc4ccc(C(F)(F)F)cc4s3)CC2)c1. The van der Waals surface area contributed by atoms with Gasteiger partial charge in [-0.3, -0.25) is 0 Å². The van der Waals surface area contributed by atoms with Crippen LogP contribution in [0.25, 0.3) is 10.2 Å². The molecule has 0 saturated carbocycles. The zero-order valence-corrected chi connectivity index (χ0v) is 19.0. The van der Waals surface area contributed by atoms with Gasteiger partial charge < -0.3 is 14.4 Å². The number of rotatable bonds is 7. The number of carbonyl (C=O) groups excluding carboxylic acids is 1. The number of esters is 1. The van der Waals surface area contributed by atoms with E-state index in [1.807, 2.05) is 6.07 Å². The summed E-state index contributed by atoms with van der Waals surface area (Å²) in [5, 5.41) is 0.773. The van der Waals surface area contributed by atoms with Crippen molar-refractivity contribution < 1.29 is 27.4 Å². The third-order valence-corrected chi connectivity index (χ3v) is 6.81. The van der Waals surface area contributed by atoms with Gasteiger partial charge in [-0.1, -0.05) is 17.4 Å². The number of thiazole rings is 1. The summed E-state index contributed by atoms with van der Waals surface area (Å²) in [6.45, 7) is 4.28. The highest BCUT2D eigenvalue weighted by molar-refractivity contribution is 7.22. The molecule has 0 spiro atoms. The van der Waals surface area contributed by atoms with Gasteiger partial charge in [0.2, 0.25) is 0 Å². The van der Waals surface area contributed by atoms with Gasteiger partial charge in [0.05, 0.1) is 34.6 Å². The van der Waals surface area contributed by atoms with Crippen molar-refractivity contribution in [3.63, 3.8) is 0 Å². The number of ether oxygens (including phenoxy) is 2. The van der Waals surface area contributed by atoms with Gasteiger partial charge in [0.25, 0.3) is 0 Å². The van der Waals surface area contributed by atoms with Crippen molar-refractivity contribution in [3.8, 4) is 5.75 Å². The van der Waals surface area contributed by atoms with Crippen LogP contribution in [-0.2, 0) is 10.9 Å². The molecule has 176 valence electrons. The van der Waals surface area contributed by atoms with Crippen molar-refractivity contribution in [1.29, 1.82) is 0 Å². The van der Waals surface area contributed by atoms with Crippen LogP contribution in [0.1, 0.15) is 42.1 Å². The molecule has 4 rings (SSSR count). The van der Waals surface area contributed by atoms with E-state index < -0.39 is 11.7 Å². The number of anilines is 1. The van der Waals surface area contributed by atoms with Crippen molar-refractivity contribution >= 4 is 32.7 Å². The second kappa shape index (κ2) is 9.99. The van der Waals surface area contributed by atoms with Crippen LogP contribution in [0.15, 0.2) is 42.5 Å². The van der Waals surface area contributed by atoms with Crippen molar-refractivity contribution in [1.82, 2.24) is 4.98 Å². The predicted molar refractivity (Wildman–Crippen MR) is 122 cm³/mol. The molecule has 0 unspecified atom stereocenters. The van der Waals surface area contributed by atoms with Crippen LogP contribution in [0, 0.1) is 5.92 Å². The van der Waals surface area contributed by atoms with E-state index in [-0.39, 0.29) is 5.97 Å². The van der Waals surface area contributed by atoms with Crippen LogP contribution >= 0.6 is 11.3 Å². The van der Waals surface area contributed by atoms with Crippen LogP contribution in [0.2, 0.25) is 0 Å². The maximum absolute atomic E-state index is 13.0. The zero-order chi connectivity index (χ0) is 23.4. The minimum atomic E-state index is -4.35. The molecule has 1 aliphatic rings. The van der Waals surface area contributed by atoms with E-state index in [2.05, 4.69) is 9.88 Å². The highest BCUT2D eigenvalue weighted by Crippen LogP contribution is 2.36. The maximum Gasteiger partial charge on any atom is 0.416 e. The van der Waals surface area contributed by atoms with Gasteiger partial charge in [-0.2, -0.15) is 13.2 Å². The molecule has 5 nitrogen and oxygen atoms in total. The van der Waals surface area contributed by atoms with Gasteiger partial charge in [0.15, 0.2) is 5.13 Å². The summed E-state index contributed by atoms with van der Waals surface area (Å²) in [6.07, 6.45) is -1.52. The molecule has 9 heteroatoms. The lowest BCUT2D eigenvalue weighted by molar-refractivity contribution is -0.137. The number of fused-ring (bicyclic) bond motifs is 1. The molecule has 1 fully saturated rings. The Morgan fingerprint density at radius 3 is 2.70 bits per heavy atom. The largest absolute Gasteiger partial charge is 0.494 e. The van der Waals surface area contributed by atoms with Gasteiger partial charge >= 0.3 is 12.1 Å². The fourth-order valence-electron chi connectivity index (χ4n) is 3.91. The summed E-state index contributed by atoms with van der Waals surface area (Å²) >= 11 is 1.31. The van der Waals surface area contributed by atoms with Crippen molar-refractivity contribution in [2.24, 2.45) is 5.92 Å². The third-order valence-electron chi connectivity index (χ3n) is 5.73. The number of alkyl halides is 3. The topological polar surface area (TPSA) is 51.7 Å². The average molecular weight is 479 g/mol. The van der Waals surface area contributed by atoms with E-state index in [1.54, 1.807) is 25.1 Å². The summed E-state index contributed by atoms with van der Waals surface area (Å²) in [5.74, 6) is 0.784. The third kappa shape index (κ3) is 5.76. The van der Waals surface area contributed by atoms with E-state index >= 15 is 0 Å². The Hall–Kier alpha value is -2.81. The average Bonchev–Trinajstić information content (AvgIpc) is 3.23. The first-order chi connectivity index (χ1) is 15.8. The smallest absolute Gasteiger partial charge is 0.416 e. The number of aromatic nitrogens is 1. The molecule has 3 aromatic rings. The quantitative estimate of drug-likeness (QED) is 0.380. The Labute approximate surface area is 194 Å². The first kappa shape index (κ1) is 23.4. The molecule has 33 heavy (non-hydrogen) atoms. The Kier molecular flexibility index (Phi) is 7.07. The monoisotopic (exact) mass is 478 g/mol. The van der Waals surface area contributed by atoms with Crippen molar-refractivity contribution in [2.45, 2.75) is 32.4 Å². The molecule has 2 heterocycles. The summed E-state index contributed by atoms with van der Waals surface area (Å²) in [5.41, 5.74) is 0.432. The number of halogens is 3. The normalized spacial score (nSPS) is 15.1. The van der Waals surface area contributed by atoms with Crippen LogP contribution in [0.5, 0.6) is 5.75 Å². The van der Waals surface area contributed by atoms with Gasteiger partial charge in [0, 0.05) is 13.1 Å². The maximum atomic E-state index is 13.0. The fourth-order valence-corrected chi connectivity index (χ4v) is 4.96. The first-order valence-electron chi connectivity index (χ1n) is 11.0. The molecule has 2 aromatic carbocycles. The zero-order valence-electron chi connectivity index (χ0n) is 18.2.